The summed E-state index contributed by atoms with van der Waals surface area (Å²) in [5, 5.41) is 5.94. The molecule has 0 radical (unpaired) electrons. The Morgan fingerprint density at radius 2 is 2.15 bits per heavy atom. The lowest BCUT2D eigenvalue weighted by Crippen LogP contribution is -2.23. The fraction of sp³-hybridized carbons (Fsp3) is 0.333. The number of hydrogen-bond donors (Lipinski definition) is 1. The van der Waals surface area contributed by atoms with Gasteiger partial charge < -0.3 is 5.32 Å². The van der Waals surface area contributed by atoms with Gasteiger partial charge in [-0.3, -0.25) is 0 Å². The topological polar surface area (TPSA) is 12.0 Å². The lowest BCUT2D eigenvalue weighted by Gasteiger charge is -2.20. The van der Waals surface area contributed by atoms with Crippen LogP contribution in [-0.4, -0.2) is 6.54 Å². The van der Waals surface area contributed by atoms with Gasteiger partial charge in [-0.2, -0.15) is 0 Å². The molecule has 1 unspecified atom stereocenters. The van der Waals surface area contributed by atoms with Crippen LogP contribution in [0.4, 0.5) is 4.39 Å². The van der Waals surface area contributed by atoms with Gasteiger partial charge in [-0.25, -0.2) is 4.39 Å². The molecule has 1 aromatic heterocycles. The van der Waals surface area contributed by atoms with Crippen LogP contribution in [0.25, 0.3) is 0 Å². The molecule has 0 aliphatic heterocycles. The van der Waals surface area contributed by atoms with Crippen molar-refractivity contribution >= 4 is 38.9 Å². The fourth-order valence-electron chi connectivity index (χ4n) is 2.20. The average Bonchev–Trinajstić information content (AvgIpc) is 2.88. The molecule has 0 fully saturated rings. The molecule has 5 heteroatoms. The third-order valence-electron chi connectivity index (χ3n) is 3.18. The third-order valence-corrected chi connectivity index (χ3v) is 5.40. The predicted octanol–water partition coefficient (Wildman–Crippen LogP) is 5.56. The lowest BCUT2D eigenvalue weighted by molar-refractivity contribution is 0.561. The maximum absolute atomic E-state index is 14.3. The summed E-state index contributed by atoms with van der Waals surface area (Å²) < 4.78 is 14.9. The summed E-state index contributed by atoms with van der Waals surface area (Å²) in [7, 11) is 0. The Hall–Kier alpha value is -0.420. The summed E-state index contributed by atoms with van der Waals surface area (Å²) in [5.74, 6) is -0.248. The van der Waals surface area contributed by atoms with Gasteiger partial charge in [-0.15, -0.1) is 11.3 Å². The van der Waals surface area contributed by atoms with E-state index in [9.17, 15) is 4.39 Å². The molecule has 1 nitrogen and oxygen atoms in total. The first-order valence-corrected chi connectivity index (χ1v) is 8.57. The standard InChI is InChI=1S/C15H16BrClFNS/c1-3-9-5-6-20-15(9)14(19-4-2)10-7-12(17)11(16)8-13(10)18/h5-8,14,19H,3-4H2,1-2H3. The molecule has 0 aliphatic rings. The Morgan fingerprint density at radius 3 is 2.80 bits per heavy atom. The van der Waals surface area contributed by atoms with E-state index in [2.05, 4.69) is 39.6 Å². The van der Waals surface area contributed by atoms with E-state index in [1.807, 2.05) is 6.92 Å². The van der Waals surface area contributed by atoms with Gasteiger partial charge in [0.2, 0.25) is 0 Å². The van der Waals surface area contributed by atoms with Crippen LogP contribution in [0, 0.1) is 5.82 Å². The quantitative estimate of drug-likeness (QED) is 0.673. The van der Waals surface area contributed by atoms with Crippen LogP contribution in [0.3, 0.4) is 0 Å². The van der Waals surface area contributed by atoms with Crippen molar-refractivity contribution in [3.8, 4) is 0 Å². The number of thiophene rings is 1. The highest BCUT2D eigenvalue weighted by Crippen LogP contribution is 2.35. The molecule has 20 heavy (non-hydrogen) atoms. The Bertz CT molecular complexity index is 600. The minimum Gasteiger partial charge on any atom is -0.306 e. The zero-order valence-corrected chi connectivity index (χ0v) is 14.5. The molecule has 0 bridgehead atoms. The van der Waals surface area contributed by atoms with Crippen molar-refractivity contribution in [1.29, 1.82) is 0 Å². The number of hydrogen-bond acceptors (Lipinski definition) is 2. The van der Waals surface area contributed by atoms with Crippen molar-refractivity contribution < 1.29 is 4.39 Å². The monoisotopic (exact) mass is 375 g/mol. The highest BCUT2D eigenvalue weighted by molar-refractivity contribution is 9.10. The van der Waals surface area contributed by atoms with E-state index < -0.39 is 0 Å². The highest BCUT2D eigenvalue weighted by Gasteiger charge is 2.22. The van der Waals surface area contributed by atoms with E-state index >= 15 is 0 Å². The van der Waals surface area contributed by atoms with Crippen molar-refractivity contribution in [3.63, 3.8) is 0 Å². The summed E-state index contributed by atoms with van der Waals surface area (Å²) in [6, 6.07) is 5.08. The van der Waals surface area contributed by atoms with Crippen LogP contribution in [0.15, 0.2) is 28.1 Å². The molecule has 1 aromatic carbocycles. The first kappa shape index (κ1) is 16.0. The Labute approximate surface area is 136 Å². The van der Waals surface area contributed by atoms with Gasteiger partial charge in [0.25, 0.3) is 0 Å². The Morgan fingerprint density at radius 1 is 1.40 bits per heavy atom. The predicted molar refractivity (Wildman–Crippen MR) is 88.3 cm³/mol. The molecular formula is C15H16BrClFNS. The average molecular weight is 377 g/mol. The second-order valence-electron chi connectivity index (χ2n) is 4.44. The van der Waals surface area contributed by atoms with E-state index in [0.29, 0.717) is 15.1 Å². The molecule has 1 atom stereocenters. The van der Waals surface area contributed by atoms with Gasteiger partial charge in [-0.1, -0.05) is 25.4 Å². The summed E-state index contributed by atoms with van der Waals surface area (Å²) in [5.41, 5.74) is 1.84. The Kier molecular flexibility index (Phi) is 5.61. The summed E-state index contributed by atoms with van der Waals surface area (Å²) in [6.45, 7) is 4.89. The van der Waals surface area contributed by atoms with Gasteiger partial charge in [0.1, 0.15) is 5.82 Å². The summed E-state index contributed by atoms with van der Waals surface area (Å²) >= 11 is 11.0. The summed E-state index contributed by atoms with van der Waals surface area (Å²) in [6.07, 6.45) is 0.937. The minimum atomic E-state index is -0.248. The SMILES string of the molecule is CCNC(c1cc(Cl)c(Br)cc1F)c1sccc1CC. The Balaban J connectivity index is 2.51. The van der Waals surface area contributed by atoms with Gasteiger partial charge >= 0.3 is 0 Å². The molecule has 0 spiro atoms. The number of rotatable bonds is 5. The number of benzene rings is 1. The van der Waals surface area contributed by atoms with Crippen LogP contribution in [0.1, 0.15) is 35.9 Å². The maximum Gasteiger partial charge on any atom is 0.129 e. The minimum absolute atomic E-state index is 0.152. The molecule has 2 aromatic rings. The van der Waals surface area contributed by atoms with Gasteiger partial charge in [0.15, 0.2) is 0 Å². The fourth-order valence-corrected chi connectivity index (χ4v) is 3.78. The second-order valence-corrected chi connectivity index (χ2v) is 6.65. The third kappa shape index (κ3) is 3.25. The number of halogens is 3. The van der Waals surface area contributed by atoms with Crippen molar-refractivity contribution in [2.24, 2.45) is 0 Å². The smallest absolute Gasteiger partial charge is 0.129 e. The van der Waals surface area contributed by atoms with Crippen LogP contribution >= 0.6 is 38.9 Å². The molecule has 2 rings (SSSR count). The molecular weight excluding hydrogens is 361 g/mol. The first-order chi connectivity index (χ1) is 9.58. The van der Waals surface area contributed by atoms with Crippen molar-refractivity contribution in [3.05, 3.63) is 54.9 Å². The zero-order chi connectivity index (χ0) is 14.7. The molecule has 108 valence electrons. The van der Waals surface area contributed by atoms with E-state index in [0.717, 1.165) is 17.8 Å². The maximum atomic E-state index is 14.3. The van der Waals surface area contributed by atoms with Crippen LogP contribution < -0.4 is 5.32 Å². The molecule has 0 aliphatic carbocycles. The number of nitrogens with one attached hydrogen (secondary N) is 1. The molecule has 1 heterocycles. The highest BCUT2D eigenvalue weighted by atomic mass is 79.9. The van der Waals surface area contributed by atoms with Crippen LogP contribution in [0.2, 0.25) is 5.02 Å². The second kappa shape index (κ2) is 7.03. The van der Waals surface area contributed by atoms with Crippen LogP contribution in [0.5, 0.6) is 0 Å². The van der Waals surface area contributed by atoms with E-state index in [-0.39, 0.29) is 11.9 Å². The molecule has 0 saturated heterocycles. The van der Waals surface area contributed by atoms with Crippen molar-refractivity contribution in [2.75, 3.05) is 6.54 Å². The largest absolute Gasteiger partial charge is 0.306 e. The van der Waals surface area contributed by atoms with E-state index in [4.69, 9.17) is 11.6 Å². The molecule has 0 saturated carbocycles. The van der Waals surface area contributed by atoms with Crippen molar-refractivity contribution in [2.45, 2.75) is 26.3 Å². The first-order valence-electron chi connectivity index (χ1n) is 6.52. The molecule has 0 amide bonds. The van der Waals surface area contributed by atoms with Gasteiger partial charge in [0.05, 0.1) is 11.1 Å². The van der Waals surface area contributed by atoms with Crippen molar-refractivity contribution in [1.82, 2.24) is 5.32 Å². The van der Waals surface area contributed by atoms with E-state index in [1.165, 1.54) is 11.6 Å². The van der Waals surface area contributed by atoms with E-state index in [1.54, 1.807) is 17.4 Å². The van der Waals surface area contributed by atoms with Gasteiger partial charge in [-0.05, 0) is 58.0 Å². The lowest BCUT2D eigenvalue weighted by atomic mass is 10.0. The number of aryl methyl sites for hydroxylation is 1. The normalized spacial score (nSPS) is 12.7. The summed E-state index contributed by atoms with van der Waals surface area (Å²) in [4.78, 5) is 1.16. The van der Waals surface area contributed by atoms with Gasteiger partial charge in [0, 0.05) is 14.9 Å². The zero-order valence-electron chi connectivity index (χ0n) is 11.3. The molecule has 1 N–H and O–H groups in total. The van der Waals surface area contributed by atoms with Crippen LogP contribution in [-0.2, 0) is 6.42 Å².